The molecular weight excluding hydrogens is 433 g/mol. The number of anilines is 1. The molecule has 0 saturated carbocycles. The van der Waals surface area contributed by atoms with Crippen molar-refractivity contribution in [1.82, 2.24) is 9.97 Å². The molecule has 0 aliphatic carbocycles. The molecule has 2 aromatic carbocycles. The van der Waals surface area contributed by atoms with Crippen LogP contribution in [-0.2, 0) is 9.53 Å². The molecule has 1 amide bonds. The van der Waals surface area contributed by atoms with E-state index in [1.165, 1.54) is 19.1 Å². The highest BCUT2D eigenvalue weighted by Crippen LogP contribution is 2.26. The summed E-state index contributed by atoms with van der Waals surface area (Å²) < 4.78 is 18.6. The number of hydrogen-bond donors (Lipinski definition) is 1. The molecule has 6 nitrogen and oxygen atoms in total. The number of rotatable bonds is 5. The number of nitrogens with zero attached hydrogens (tertiary/aromatic N) is 2. The molecule has 2 heterocycles. The van der Waals surface area contributed by atoms with Crippen LogP contribution in [-0.4, -0.2) is 27.9 Å². The second-order valence-corrected chi connectivity index (χ2v) is 7.38. The van der Waals surface area contributed by atoms with Gasteiger partial charge < -0.3 is 10.1 Å². The number of nitrogens with one attached hydrogen (secondary N) is 1. The Hall–Kier alpha value is -3.84. The van der Waals surface area contributed by atoms with Gasteiger partial charge in [-0.2, -0.15) is 0 Å². The van der Waals surface area contributed by atoms with Crippen LogP contribution in [0.5, 0.6) is 0 Å². The summed E-state index contributed by atoms with van der Waals surface area (Å²) in [6, 6.07) is 16.0. The number of para-hydroxylation sites is 1. The van der Waals surface area contributed by atoms with E-state index in [2.05, 4.69) is 15.3 Å². The number of carbonyl (C=O) groups is 2. The summed E-state index contributed by atoms with van der Waals surface area (Å²) in [6.45, 7) is 1.44. The van der Waals surface area contributed by atoms with Crippen LogP contribution in [0.25, 0.3) is 22.2 Å². The van der Waals surface area contributed by atoms with E-state index >= 15 is 0 Å². The fourth-order valence-corrected chi connectivity index (χ4v) is 3.32. The molecule has 4 aromatic rings. The summed E-state index contributed by atoms with van der Waals surface area (Å²) in [6.07, 6.45) is 2.17. The molecule has 1 unspecified atom stereocenters. The van der Waals surface area contributed by atoms with E-state index in [4.69, 9.17) is 16.3 Å². The Morgan fingerprint density at radius 3 is 2.66 bits per heavy atom. The normalized spacial score (nSPS) is 11.7. The summed E-state index contributed by atoms with van der Waals surface area (Å²) in [5.41, 5.74) is 2.39. The van der Waals surface area contributed by atoms with E-state index in [1.807, 2.05) is 12.1 Å². The van der Waals surface area contributed by atoms with E-state index in [0.717, 1.165) is 11.6 Å². The van der Waals surface area contributed by atoms with Crippen LogP contribution >= 0.6 is 11.6 Å². The summed E-state index contributed by atoms with van der Waals surface area (Å²) in [4.78, 5) is 34.2. The quantitative estimate of drug-likeness (QED) is 0.419. The first-order valence-electron chi connectivity index (χ1n) is 9.69. The Bertz CT molecular complexity index is 1310. The second-order valence-electron chi connectivity index (χ2n) is 6.97. The van der Waals surface area contributed by atoms with Gasteiger partial charge in [0.15, 0.2) is 6.10 Å². The van der Waals surface area contributed by atoms with Crippen LogP contribution < -0.4 is 5.32 Å². The number of halogens is 2. The van der Waals surface area contributed by atoms with Gasteiger partial charge in [-0.15, -0.1) is 0 Å². The maximum atomic E-state index is 13.2. The molecule has 4 rings (SSSR count). The summed E-state index contributed by atoms with van der Waals surface area (Å²) in [5.74, 6) is -1.80. The molecule has 160 valence electrons. The monoisotopic (exact) mass is 449 g/mol. The summed E-state index contributed by atoms with van der Waals surface area (Å²) in [5, 5.41) is 3.17. The number of aromatic nitrogens is 2. The predicted octanol–water partition coefficient (Wildman–Crippen LogP) is 5.27. The van der Waals surface area contributed by atoms with Crippen molar-refractivity contribution in [1.29, 1.82) is 0 Å². The lowest BCUT2D eigenvalue weighted by molar-refractivity contribution is -0.123. The standard InChI is InChI=1S/C24H17ClFN3O3/c1-14(23(30)29-21-9-8-16(26)11-19(21)25)32-24(31)18-12-22(15-5-4-10-27-13-15)28-20-7-3-2-6-17(18)20/h2-14H,1H3,(H,29,30). The minimum Gasteiger partial charge on any atom is -0.449 e. The number of amides is 1. The number of esters is 1. The van der Waals surface area contributed by atoms with E-state index in [9.17, 15) is 14.0 Å². The smallest absolute Gasteiger partial charge is 0.339 e. The Kier molecular flexibility index (Phi) is 6.09. The van der Waals surface area contributed by atoms with Crippen molar-refractivity contribution in [3.05, 3.63) is 89.5 Å². The van der Waals surface area contributed by atoms with Crippen molar-refractivity contribution >= 4 is 40.1 Å². The maximum Gasteiger partial charge on any atom is 0.339 e. The summed E-state index contributed by atoms with van der Waals surface area (Å²) in [7, 11) is 0. The van der Waals surface area contributed by atoms with Crippen molar-refractivity contribution in [3.8, 4) is 11.3 Å². The Balaban J connectivity index is 1.59. The van der Waals surface area contributed by atoms with E-state index in [-0.39, 0.29) is 16.3 Å². The Labute approximate surface area is 188 Å². The van der Waals surface area contributed by atoms with Crippen LogP contribution in [0.4, 0.5) is 10.1 Å². The third-order valence-corrected chi connectivity index (χ3v) is 5.05. The van der Waals surface area contributed by atoms with Crippen molar-refractivity contribution in [2.45, 2.75) is 13.0 Å². The molecule has 0 bridgehead atoms. The molecule has 0 aliphatic rings. The van der Waals surface area contributed by atoms with Crippen molar-refractivity contribution in [2.24, 2.45) is 0 Å². The zero-order chi connectivity index (χ0) is 22.7. The minimum atomic E-state index is -1.13. The molecule has 32 heavy (non-hydrogen) atoms. The Morgan fingerprint density at radius 2 is 1.91 bits per heavy atom. The van der Waals surface area contributed by atoms with Crippen molar-refractivity contribution in [2.75, 3.05) is 5.32 Å². The molecule has 1 N–H and O–H groups in total. The molecule has 0 saturated heterocycles. The third-order valence-electron chi connectivity index (χ3n) is 4.74. The van der Waals surface area contributed by atoms with Gasteiger partial charge in [0.2, 0.25) is 0 Å². The van der Waals surface area contributed by atoms with Gasteiger partial charge in [0, 0.05) is 23.3 Å². The lowest BCUT2D eigenvalue weighted by Gasteiger charge is -2.15. The van der Waals surface area contributed by atoms with Crippen LogP contribution in [0.3, 0.4) is 0 Å². The van der Waals surface area contributed by atoms with Gasteiger partial charge in [-0.05, 0) is 49.4 Å². The van der Waals surface area contributed by atoms with Crippen LogP contribution in [0.1, 0.15) is 17.3 Å². The van der Waals surface area contributed by atoms with Gasteiger partial charge in [0.1, 0.15) is 5.82 Å². The van der Waals surface area contributed by atoms with E-state index in [1.54, 1.807) is 42.7 Å². The minimum absolute atomic E-state index is 0.0399. The first kappa shape index (κ1) is 21.4. The number of benzene rings is 2. The number of pyridine rings is 2. The zero-order valence-electron chi connectivity index (χ0n) is 16.9. The fraction of sp³-hybridized carbons (Fsp3) is 0.0833. The molecule has 0 radical (unpaired) electrons. The first-order valence-corrected chi connectivity index (χ1v) is 10.1. The second kappa shape index (κ2) is 9.11. The van der Waals surface area contributed by atoms with Gasteiger partial charge in [0.05, 0.1) is 27.5 Å². The topological polar surface area (TPSA) is 81.2 Å². The number of fused-ring (bicyclic) bond motifs is 1. The number of hydrogen-bond acceptors (Lipinski definition) is 5. The fourth-order valence-electron chi connectivity index (χ4n) is 3.11. The van der Waals surface area contributed by atoms with Gasteiger partial charge in [-0.25, -0.2) is 14.2 Å². The van der Waals surface area contributed by atoms with E-state index < -0.39 is 23.8 Å². The van der Waals surface area contributed by atoms with Crippen LogP contribution in [0.15, 0.2) is 73.1 Å². The van der Waals surface area contributed by atoms with Gasteiger partial charge in [-0.1, -0.05) is 29.8 Å². The average Bonchev–Trinajstić information content (AvgIpc) is 2.80. The summed E-state index contributed by atoms with van der Waals surface area (Å²) >= 11 is 5.95. The largest absolute Gasteiger partial charge is 0.449 e. The first-order chi connectivity index (χ1) is 15.4. The highest BCUT2D eigenvalue weighted by atomic mass is 35.5. The highest BCUT2D eigenvalue weighted by Gasteiger charge is 2.22. The molecule has 2 aromatic heterocycles. The molecule has 1 atom stereocenters. The molecular formula is C24H17ClFN3O3. The van der Waals surface area contributed by atoms with Crippen molar-refractivity contribution in [3.63, 3.8) is 0 Å². The molecule has 0 fully saturated rings. The van der Waals surface area contributed by atoms with Crippen LogP contribution in [0, 0.1) is 5.82 Å². The number of ether oxygens (including phenoxy) is 1. The lowest BCUT2D eigenvalue weighted by Crippen LogP contribution is -2.30. The van der Waals surface area contributed by atoms with Gasteiger partial charge in [0.25, 0.3) is 5.91 Å². The molecule has 8 heteroatoms. The number of carbonyl (C=O) groups excluding carboxylic acids is 2. The van der Waals surface area contributed by atoms with Crippen LogP contribution in [0.2, 0.25) is 5.02 Å². The third kappa shape index (κ3) is 4.58. The average molecular weight is 450 g/mol. The maximum absolute atomic E-state index is 13.2. The predicted molar refractivity (Wildman–Crippen MR) is 120 cm³/mol. The zero-order valence-corrected chi connectivity index (χ0v) is 17.6. The highest BCUT2D eigenvalue weighted by molar-refractivity contribution is 6.33. The SMILES string of the molecule is CC(OC(=O)c1cc(-c2cccnc2)nc2ccccc12)C(=O)Nc1ccc(F)cc1Cl. The van der Waals surface area contributed by atoms with E-state index in [0.29, 0.717) is 16.6 Å². The molecule has 0 aliphatic heterocycles. The molecule has 0 spiro atoms. The van der Waals surface area contributed by atoms with Gasteiger partial charge >= 0.3 is 5.97 Å². The Morgan fingerprint density at radius 1 is 1.09 bits per heavy atom. The van der Waals surface area contributed by atoms with Gasteiger partial charge in [-0.3, -0.25) is 9.78 Å². The lowest BCUT2D eigenvalue weighted by atomic mass is 10.0. The van der Waals surface area contributed by atoms with Crippen molar-refractivity contribution < 1.29 is 18.7 Å².